The second-order valence-electron chi connectivity index (χ2n) is 3.17. The molecule has 0 amide bonds. The highest BCUT2D eigenvalue weighted by molar-refractivity contribution is 9.09. The zero-order chi connectivity index (χ0) is 10.6. The molecule has 14 heavy (non-hydrogen) atoms. The Morgan fingerprint density at radius 2 is 2.21 bits per heavy atom. The Bertz CT molecular complexity index is 334. The van der Waals surface area contributed by atoms with Crippen LogP contribution in [0, 0.1) is 0 Å². The summed E-state index contributed by atoms with van der Waals surface area (Å²) in [5.74, 6) is 0.295. The molecule has 2 nitrogen and oxygen atoms in total. The summed E-state index contributed by atoms with van der Waals surface area (Å²) in [6, 6.07) is 5.47. The molecule has 0 aliphatic heterocycles. The summed E-state index contributed by atoms with van der Waals surface area (Å²) in [5.41, 5.74) is 1.78. The van der Waals surface area contributed by atoms with Crippen LogP contribution in [0.5, 0.6) is 5.75 Å². The summed E-state index contributed by atoms with van der Waals surface area (Å²) in [6.45, 7) is 2.03. The molecule has 0 radical (unpaired) electrons. The first-order chi connectivity index (χ1) is 6.67. The maximum atomic E-state index is 11.1. The van der Waals surface area contributed by atoms with Gasteiger partial charge in [-0.05, 0) is 18.1 Å². The number of Topliss-reactive ketones (excluding diaryl/α,β-unsaturated/α-hetero) is 1. The first-order valence-corrected chi connectivity index (χ1v) is 5.68. The Labute approximate surface area is 92.1 Å². The van der Waals surface area contributed by atoms with Gasteiger partial charge in [0.1, 0.15) is 11.5 Å². The van der Waals surface area contributed by atoms with Gasteiger partial charge < -0.3 is 5.11 Å². The summed E-state index contributed by atoms with van der Waals surface area (Å²) in [6.07, 6.45) is 1.18. The minimum atomic E-state index is 0.0737. The minimum absolute atomic E-state index is 0.0737. The van der Waals surface area contributed by atoms with Gasteiger partial charge in [-0.1, -0.05) is 35.0 Å². The standard InChI is InChI=1S/C11H13BrO2/c1-2-8-3-4-9(11(14)5-8)6-10(13)7-12/h3-5,14H,2,6-7H2,1H3. The average molecular weight is 257 g/mol. The van der Waals surface area contributed by atoms with Crippen LogP contribution in [0.2, 0.25) is 0 Å². The van der Waals surface area contributed by atoms with E-state index in [1.807, 2.05) is 19.1 Å². The van der Waals surface area contributed by atoms with Crippen LogP contribution in [0.1, 0.15) is 18.1 Å². The van der Waals surface area contributed by atoms with Crippen molar-refractivity contribution in [2.45, 2.75) is 19.8 Å². The number of phenols is 1. The number of aromatic hydroxyl groups is 1. The molecule has 1 rings (SSSR count). The van der Waals surface area contributed by atoms with Crippen molar-refractivity contribution in [1.82, 2.24) is 0 Å². The van der Waals surface area contributed by atoms with Crippen molar-refractivity contribution in [2.75, 3.05) is 5.33 Å². The van der Waals surface area contributed by atoms with E-state index in [0.29, 0.717) is 17.3 Å². The molecule has 3 heteroatoms. The summed E-state index contributed by atoms with van der Waals surface area (Å²) in [7, 11) is 0. The number of hydrogen-bond acceptors (Lipinski definition) is 2. The van der Waals surface area contributed by atoms with Gasteiger partial charge in [0.05, 0.1) is 5.33 Å². The van der Waals surface area contributed by atoms with E-state index in [4.69, 9.17) is 0 Å². The fourth-order valence-corrected chi connectivity index (χ4v) is 1.44. The molecule has 0 saturated carbocycles. The first kappa shape index (κ1) is 11.2. The predicted octanol–water partition coefficient (Wildman–Crippen LogP) is 2.46. The van der Waals surface area contributed by atoms with E-state index in [2.05, 4.69) is 15.9 Å². The summed E-state index contributed by atoms with van der Waals surface area (Å²) in [5, 5.41) is 9.93. The van der Waals surface area contributed by atoms with Crippen LogP contribution in [0.15, 0.2) is 18.2 Å². The van der Waals surface area contributed by atoms with E-state index in [0.717, 1.165) is 12.0 Å². The van der Waals surface area contributed by atoms with Crippen LogP contribution in [0.25, 0.3) is 0 Å². The fourth-order valence-electron chi connectivity index (χ4n) is 1.24. The molecule has 0 unspecified atom stereocenters. The highest BCUT2D eigenvalue weighted by atomic mass is 79.9. The summed E-state index contributed by atoms with van der Waals surface area (Å²) in [4.78, 5) is 11.1. The molecule has 0 fully saturated rings. The Balaban J connectivity index is 2.83. The van der Waals surface area contributed by atoms with E-state index in [1.54, 1.807) is 6.07 Å². The molecular formula is C11H13BrO2. The summed E-state index contributed by atoms with van der Waals surface area (Å²) < 4.78 is 0. The molecule has 0 bridgehead atoms. The SMILES string of the molecule is CCc1ccc(CC(=O)CBr)c(O)c1. The Morgan fingerprint density at radius 3 is 2.71 bits per heavy atom. The Hall–Kier alpha value is -0.830. The van der Waals surface area contributed by atoms with Crippen LogP contribution < -0.4 is 0 Å². The van der Waals surface area contributed by atoms with Gasteiger partial charge in [-0.3, -0.25) is 4.79 Å². The third-order valence-corrected chi connectivity index (χ3v) is 2.72. The van der Waals surface area contributed by atoms with Crippen LogP contribution in [-0.2, 0) is 17.6 Å². The topological polar surface area (TPSA) is 37.3 Å². The number of hydrogen-bond donors (Lipinski definition) is 1. The van der Waals surface area contributed by atoms with Crippen molar-refractivity contribution in [1.29, 1.82) is 0 Å². The van der Waals surface area contributed by atoms with Crippen molar-refractivity contribution in [2.24, 2.45) is 0 Å². The lowest BCUT2D eigenvalue weighted by molar-refractivity contribution is -0.115. The Kier molecular flexibility index (Phi) is 4.14. The third kappa shape index (κ3) is 2.84. The van der Waals surface area contributed by atoms with E-state index in [1.165, 1.54) is 0 Å². The van der Waals surface area contributed by atoms with Gasteiger partial charge in [0, 0.05) is 12.0 Å². The number of carbonyl (C=O) groups is 1. The molecule has 1 aromatic carbocycles. The number of phenolic OH excluding ortho intramolecular Hbond substituents is 1. The van der Waals surface area contributed by atoms with Gasteiger partial charge in [0.25, 0.3) is 0 Å². The largest absolute Gasteiger partial charge is 0.508 e. The highest BCUT2D eigenvalue weighted by Crippen LogP contribution is 2.20. The van der Waals surface area contributed by atoms with Gasteiger partial charge in [-0.25, -0.2) is 0 Å². The number of alkyl halides is 1. The van der Waals surface area contributed by atoms with Gasteiger partial charge in [0.15, 0.2) is 0 Å². The van der Waals surface area contributed by atoms with Crippen LogP contribution in [-0.4, -0.2) is 16.2 Å². The van der Waals surface area contributed by atoms with E-state index in [9.17, 15) is 9.90 Å². The van der Waals surface area contributed by atoms with Crippen molar-refractivity contribution < 1.29 is 9.90 Å². The van der Waals surface area contributed by atoms with Crippen LogP contribution in [0.3, 0.4) is 0 Å². The van der Waals surface area contributed by atoms with Gasteiger partial charge >= 0.3 is 0 Å². The quantitative estimate of drug-likeness (QED) is 0.841. The van der Waals surface area contributed by atoms with Crippen molar-refractivity contribution in [3.63, 3.8) is 0 Å². The lowest BCUT2D eigenvalue weighted by Crippen LogP contribution is -2.03. The smallest absolute Gasteiger partial charge is 0.147 e. The van der Waals surface area contributed by atoms with Gasteiger partial charge in [-0.15, -0.1) is 0 Å². The molecular weight excluding hydrogens is 244 g/mol. The second kappa shape index (κ2) is 5.15. The van der Waals surface area contributed by atoms with E-state index >= 15 is 0 Å². The van der Waals surface area contributed by atoms with Crippen LogP contribution >= 0.6 is 15.9 Å². The lowest BCUT2D eigenvalue weighted by atomic mass is 10.0. The molecule has 0 saturated heterocycles. The average Bonchev–Trinajstić information content (AvgIpc) is 2.20. The van der Waals surface area contributed by atoms with E-state index < -0.39 is 0 Å². The number of benzene rings is 1. The molecule has 0 heterocycles. The molecule has 0 aliphatic rings. The summed E-state index contributed by atoms with van der Waals surface area (Å²) >= 11 is 3.09. The highest BCUT2D eigenvalue weighted by Gasteiger charge is 2.06. The van der Waals surface area contributed by atoms with E-state index in [-0.39, 0.29) is 11.5 Å². The number of rotatable bonds is 4. The Morgan fingerprint density at radius 1 is 1.50 bits per heavy atom. The molecule has 0 aliphatic carbocycles. The van der Waals surface area contributed by atoms with Gasteiger partial charge in [0.2, 0.25) is 0 Å². The van der Waals surface area contributed by atoms with Crippen molar-refractivity contribution >= 4 is 21.7 Å². The normalized spacial score (nSPS) is 10.1. The monoisotopic (exact) mass is 256 g/mol. The second-order valence-corrected chi connectivity index (χ2v) is 3.73. The third-order valence-electron chi connectivity index (χ3n) is 2.09. The molecule has 1 N–H and O–H groups in total. The zero-order valence-corrected chi connectivity index (χ0v) is 9.67. The fraction of sp³-hybridized carbons (Fsp3) is 0.364. The number of halogens is 1. The van der Waals surface area contributed by atoms with Crippen molar-refractivity contribution in [3.05, 3.63) is 29.3 Å². The lowest BCUT2D eigenvalue weighted by Gasteiger charge is -2.04. The zero-order valence-electron chi connectivity index (χ0n) is 8.09. The predicted molar refractivity (Wildman–Crippen MR) is 60.0 cm³/mol. The molecule has 0 atom stereocenters. The molecule has 1 aromatic rings. The number of aryl methyl sites for hydroxylation is 1. The minimum Gasteiger partial charge on any atom is -0.508 e. The molecule has 0 aromatic heterocycles. The van der Waals surface area contributed by atoms with Crippen molar-refractivity contribution in [3.8, 4) is 5.75 Å². The molecule has 0 spiro atoms. The molecule has 76 valence electrons. The van der Waals surface area contributed by atoms with Gasteiger partial charge in [-0.2, -0.15) is 0 Å². The van der Waals surface area contributed by atoms with Crippen LogP contribution in [0.4, 0.5) is 0 Å². The number of ketones is 1. The maximum Gasteiger partial charge on any atom is 0.147 e. The number of carbonyl (C=O) groups excluding carboxylic acids is 1. The first-order valence-electron chi connectivity index (χ1n) is 4.55. The maximum absolute atomic E-state index is 11.1.